The summed E-state index contributed by atoms with van der Waals surface area (Å²) in [5.74, 6) is 0. The minimum absolute atomic E-state index is 0.150. The standard InChI is InChI=1S/C80H58/c1-79(2)73-45-61(53-19-15-49(16-20-53)51-23-27-56(28-24-51)66-14-8-10-55-9-5-6-13-65(55)66)35-40-68(73)70-42-37-63(47-75(70)79)64-38-43-71-69-41-36-62(46-74(69)80(3,4)76(71)48-64)54-21-17-50(18-22-54)52-25-29-57(30-26-52)67-39-33-60-32-31-58-11-7-12-59-34-44-72(67)78(60)77(58)59/h5-10,12-31,33-48H,11,32H2,1-4H3. The molecule has 0 saturated heterocycles. The molecule has 0 fully saturated rings. The first-order valence-electron chi connectivity index (χ1n) is 28.6. The molecule has 12 aromatic carbocycles. The highest BCUT2D eigenvalue weighted by molar-refractivity contribution is 6.08. The molecule has 0 amide bonds. The number of rotatable bonds is 7. The molecule has 0 saturated carbocycles. The molecular weight excluding hydrogens is 961 g/mol. The Kier molecular flexibility index (Phi) is 10.3. The molecule has 0 spiro atoms. The molecule has 0 nitrogen and oxygen atoms in total. The topological polar surface area (TPSA) is 0 Å². The van der Waals surface area contributed by atoms with Crippen LogP contribution in [0, 0.1) is 0 Å². The normalized spacial score (nSPS) is 14.6. The summed E-state index contributed by atoms with van der Waals surface area (Å²) >= 11 is 0. The Balaban J connectivity index is 0.625. The summed E-state index contributed by atoms with van der Waals surface area (Å²) in [5, 5.41) is 5.36. The van der Waals surface area contributed by atoms with Gasteiger partial charge in [-0.2, -0.15) is 0 Å². The predicted octanol–water partition coefficient (Wildman–Crippen LogP) is 21.6. The highest BCUT2D eigenvalue weighted by atomic mass is 14.4. The number of fused-ring (bicyclic) bond motifs is 7. The van der Waals surface area contributed by atoms with E-state index in [1.807, 2.05) is 0 Å². The van der Waals surface area contributed by atoms with Gasteiger partial charge >= 0.3 is 0 Å². The van der Waals surface area contributed by atoms with Crippen LogP contribution in [0.25, 0.3) is 133 Å². The van der Waals surface area contributed by atoms with Gasteiger partial charge in [0.1, 0.15) is 0 Å². The summed E-state index contributed by atoms with van der Waals surface area (Å²) in [6, 6.07) is 89.6. The summed E-state index contributed by atoms with van der Waals surface area (Å²) in [4.78, 5) is 0. The molecule has 0 aliphatic heterocycles. The Morgan fingerprint density at radius 3 is 1.18 bits per heavy atom. The molecule has 0 unspecified atom stereocenters. The van der Waals surface area contributed by atoms with E-state index in [9.17, 15) is 0 Å². The minimum atomic E-state index is -0.153. The lowest BCUT2D eigenvalue weighted by molar-refractivity contribution is 0.660. The third-order valence-electron chi connectivity index (χ3n) is 18.8. The van der Waals surface area contributed by atoms with E-state index < -0.39 is 0 Å². The van der Waals surface area contributed by atoms with Crippen molar-refractivity contribution in [1.82, 2.24) is 0 Å². The van der Waals surface area contributed by atoms with E-state index in [1.165, 1.54) is 166 Å². The molecule has 4 aliphatic carbocycles. The van der Waals surface area contributed by atoms with Gasteiger partial charge in [-0.3, -0.25) is 0 Å². The van der Waals surface area contributed by atoms with Crippen LogP contribution in [-0.4, -0.2) is 0 Å². The van der Waals surface area contributed by atoms with E-state index in [0.717, 1.165) is 12.8 Å². The van der Waals surface area contributed by atoms with Crippen LogP contribution in [0.5, 0.6) is 0 Å². The van der Waals surface area contributed by atoms with E-state index in [0.29, 0.717) is 0 Å². The molecule has 4 aliphatic rings. The molecule has 12 aromatic rings. The second-order valence-electron chi connectivity index (χ2n) is 23.9. The maximum Gasteiger partial charge on any atom is 0.0159 e. The fourth-order valence-corrected chi connectivity index (χ4v) is 14.3. The Morgan fingerprint density at radius 2 is 0.688 bits per heavy atom. The smallest absolute Gasteiger partial charge is 0.0159 e. The van der Waals surface area contributed by atoms with Crippen LogP contribution in [0.3, 0.4) is 0 Å². The molecule has 0 radical (unpaired) electrons. The number of allylic oxidation sites excluding steroid dienone is 3. The van der Waals surface area contributed by atoms with Gasteiger partial charge in [0, 0.05) is 10.8 Å². The summed E-state index contributed by atoms with van der Waals surface area (Å²) < 4.78 is 0. The zero-order chi connectivity index (χ0) is 53.4. The van der Waals surface area contributed by atoms with Gasteiger partial charge in [0.05, 0.1) is 0 Å². The Bertz CT molecular complexity index is 4620. The van der Waals surface area contributed by atoms with Crippen molar-refractivity contribution in [3.05, 3.63) is 288 Å². The van der Waals surface area contributed by atoms with Crippen LogP contribution in [0.2, 0.25) is 0 Å². The first-order chi connectivity index (χ1) is 39.1. The molecule has 80 heavy (non-hydrogen) atoms. The zero-order valence-corrected chi connectivity index (χ0v) is 45.7. The van der Waals surface area contributed by atoms with Crippen LogP contribution in [-0.2, 0) is 17.3 Å². The SMILES string of the molecule is CC1(C)c2cc(-c3ccc(-c4ccc(-c5cccc6ccccc56)cc4)cc3)ccc2-c2ccc(-c3ccc4c(c3)C(C)(C)c3cc(-c5ccc(-c6ccc(-c7ccc8c9c%10c(ccc79)C=CCC%10=CC8)cc6)cc5)ccc3-4)cc21. The Morgan fingerprint density at radius 1 is 0.300 bits per heavy atom. The van der Waals surface area contributed by atoms with Crippen molar-refractivity contribution in [2.45, 2.75) is 51.4 Å². The lowest BCUT2D eigenvalue weighted by Gasteiger charge is -2.24. The van der Waals surface area contributed by atoms with Crippen LogP contribution in [0.15, 0.2) is 249 Å². The van der Waals surface area contributed by atoms with Crippen molar-refractivity contribution in [2.75, 3.05) is 0 Å². The van der Waals surface area contributed by atoms with Crippen molar-refractivity contribution in [3.8, 4) is 100 Å². The fourth-order valence-electron chi connectivity index (χ4n) is 14.3. The van der Waals surface area contributed by atoms with E-state index in [1.54, 1.807) is 0 Å². The summed E-state index contributed by atoms with van der Waals surface area (Å²) in [6.45, 7) is 9.61. The van der Waals surface area contributed by atoms with Gasteiger partial charge in [-0.25, -0.2) is 0 Å². The zero-order valence-electron chi connectivity index (χ0n) is 45.7. The molecule has 0 aromatic heterocycles. The van der Waals surface area contributed by atoms with Crippen molar-refractivity contribution in [3.63, 3.8) is 0 Å². The maximum atomic E-state index is 2.47. The number of benzene rings is 12. The predicted molar refractivity (Wildman–Crippen MR) is 340 cm³/mol. The van der Waals surface area contributed by atoms with E-state index in [-0.39, 0.29) is 10.8 Å². The lowest BCUT2D eigenvalue weighted by atomic mass is 9.79. The molecule has 0 bridgehead atoms. The highest BCUT2D eigenvalue weighted by Gasteiger charge is 2.38. The average molecular weight is 1020 g/mol. The van der Waals surface area contributed by atoms with Gasteiger partial charge in [0.25, 0.3) is 0 Å². The average Bonchev–Trinajstić information content (AvgIpc) is 4.04. The minimum Gasteiger partial charge on any atom is -0.0795 e. The summed E-state index contributed by atoms with van der Waals surface area (Å²) in [6.07, 6.45) is 9.08. The van der Waals surface area contributed by atoms with Crippen molar-refractivity contribution in [1.29, 1.82) is 0 Å². The Hall–Kier alpha value is -9.36. The fraction of sp³-hybridized carbons (Fsp3) is 0.100. The van der Waals surface area contributed by atoms with Gasteiger partial charge in [-0.1, -0.05) is 258 Å². The third-order valence-corrected chi connectivity index (χ3v) is 18.8. The summed E-state index contributed by atoms with van der Waals surface area (Å²) in [5.41, 5.74) is 33.8. The Labute approximate surface area is 469 Å². The van der Waals surface area contributed by atoms with E-state index >= 15 is 0 Å². The quantitative estimate of drug-likeness (QED) is 0.149. The van der Waals surface area contributed by atoms with E-state index in [2.05, 4.69) is 283 Å². The molecule has 16 rings (SSSR count). The number of hydrogen-bond acceptors (Lipinski definition) is 0. The molecule has 0 heteroatoms. The van der Waals surface area contributed by atoms with Gasteiger partial charge in [-0.05, 0) is 203 Å². The first kappa shape index (κ1) is 46.7. The van der Waals surface area contributed by atoms with Gasteiger partial charge in [-0.15, -0.1) is 0 Å². The van der Waals surface area contributed by atoms with Gasteiger partial charge < -0.3 is 0 Å². The monoisotopic (exact) mass is 1020 g/mol. The largest absolute Gasteiger partial charge is 0.0795 e. The summed E-state index contributed by atoms with van der Waals surface area (Å²) in [7, 11) is 0. The van der Waals surface area contributed by atoms with Crippen LogP contribution in [0.4, 0.5) is 0 Å². The highest BCUT2D eigenvalue weighted by Crippen LogP contribution is 2.54. The number of hydrogen-bond donors (Lipinski definition) is 0. The maximum absolute atomic E-state index is 2.47. The second kappa shape index (κ2) is 17.6. The van der Waals surface area contributed by atoms with Gasteiger partial charge in [0.2, 0.25) is 0 Å². The van der Waals surface area contributed by atoms with Crippen LogP contribution >= 0.6 is 0 Å². The van der Waals surface area contributed by atoms with Crippen LogP contribution in [0.1, 0.15) is 73.1 Å². The molecule has 378 valence electrons. The van der Waals surface area contributed by atoms with Crippen LogP contribution < -0.4 is 0 Å². The van der Waals surface area contributed by atoms with Crippen molar-refractivity contribution < 1.29 is 0 Å². The molecule has 0 heterocycles. The molecule has 0 N–H and O–H groups in total. The first-order valence-corrected chi connectivity index (χ1v) is 28.6. The van der Waals surface area contributed by atoms with Crippen molar-refractivity contribution >= 4 is 33.2 Å². The van der Waals surface area contributed by atoms with E-state index in [4.69, 9.17) is 0 Å². The lowest BCUT2D eigenvalue weighted by Crippen LogP contribution is -2.15. The molecule has 0 atom stereocenters. The molecular formula is C80H58. The van der Waals surface area contributed by atoms with Gasteiger partial charge in [0.15, 0.2) is 0 Å². The second-order valence-corrected chi connectivity index (χ2v) is 23.9. The van der Waals surface area contributed by atoms with Crippen molar-refractivity contribution in [2.24, 2.45) is 0 Å². The third kappa shape index (κ3) is 7.21.